The van der Waals surface area contributed by atoms with Crippen LogP contribution in [0.5, 0.6) is 11.8 Å². The fraction of sp³-hybridized carbons (Fsp3) is 0.143. The van der Waals surface area contributed by atoms with E-state index < -0.39 is 23.6 Å². The number of nitrogens with zero attached hydrogens (tertiary/aromatic N) is 1. The number of amides is 1. The molecule has 0 saturated heterocycles. The van der Waals surface area contributed by atoms with Gasteiger partial charge in [-0.05, 0) is 49.7 Å². The molecule has 1 N–H and O–H groups in total. The van der Waals surface area contributed by atoms with Gasteiger partial charge < -0.3 is 14.5 Å². The van der Waals surface area contributed by atoms with Crippen LogP contribution in [0.2, 0.25) is 0 Å². The molecule has 0 saturated carbocycles. The Morgan fingerprint density at radius 2 is 2.00 bits per heavy atom. The van der Waals surface area contributed by atoms with Crippen molar-refractivity contribution in [2.24, 2.45) is 0 Å². The molecule has 2 aromatic carbocycles. The molecule has 142 valence electrons. The fourth-order valence-electron chi connectivity index (χ4n) is 2.43. The van der Waals surface area contributed by atoms with E-state index in [1.807, 2.05) is 0 Å². The van der Waals surface area contributed by atoms with E-state index in [1.54, 1.807) is 31.2 Å². The van der Waals surface area contributed by atoms with Crippen LogP contribution in [0, 0.1) is 30.9 Å². The van der Waals surface area contributed by atoms with Crippen LogP contribution in [-0.4, -0.2) is 10.9 Å². The first-order chi connectivity index (χ1) is 13.4. The summed E-state index contributed by atoms with van der Waals surface area (Å²) in [4.78, 5) is 16.3. The maximum Gasteiger partial charge on any atom is 0.399 e. The molecule has 3 aromatic rings. The maximum absolute atomic E-state index is 13.7. The van der Waals surface area contributed by atoms with Crippen LogP contribution < -0.4 is 10.1 Å². The van der Waals surface area contributed by atoms with E-state index in [0.29, 0.717) is 16.9 Å². The molecule has 1 amide bonds. The first-order valence-electron chi connectivity index (χ1n) is 8.34. The van der Waals surface area contributed by atoms with Crippen LogP contribution in [0.25, 0.3) is 0 Å². The molecule has 28 heavy (non-hydrogen) atoms. The first kappa shape index (κ1) is 19.1. The lowest BCUT2D eigenvalue weighted by atomic mass is 10.1. The van der Waals surface area contributed by atoms with E-state index in [1.165, 1.54) is 19.1 Å². The van der Waals surface area contributed by atoms with Crippen molar-refractivity contribution in [2.45, 2.75) is 19.9 Å². The molecule has 0 aliphatic carbocycles. The Balaban J connectivity index is 1.69. The number of carbonyl (C=O) groups is 1. The van der Waals surface area contributed by atoms with Gasteiger partial charge in [0.2, 0.25) is 0 Å². The number of hydrogen-bond acceptors (Lipinski definition) is 4. The second-order valence-electron chi connectivity index (χ2n) is 6.08. The Morgan fingerprint density at radius 1 is 1.29 bits per heavy atom. The van der Waals surface area contributed by atoms with Crippen LogP contribution >= 0.6 is 0 Å². The van der Waals surface area contributed by atoms with E-state index in [4.69, 9.17) is 15.6 Å². The zero-order chi connectivity index (χ0) is 20.3. The van der Waals surface area contributed by atoms with Crippen LogP contribution in [0.1, 0.15) is 40.1 Å². The molecular formula is C21H16F2N2O3. The number of carbonyl (C=O) groups excluding carboxylic acids is 1. The predicted molar refractivity (Wildman–Crippen MR) is 97.9 cm³/mol. The highest BCUT2D eigenvalue weighted by Gasteiger charge is 2.18. The van der Waals surface area contributed by atoms with Crippen molar-refractivity contribution in [1.29, 1.82) is 0 Å². The molecule has 0 spiro atoms. The highest BCUT2D eigenvalue weighted by molar-refractivity contribution is 5.92. The molecule has 0 bridgehead atoms. The average Bonchev–Trinajstić information content (AvgIpc) is 3.14. The highest BCUT2D eigenvalue weighted by Crippen LogP contribution is 2.23. The predicted octanol–water partition coefficient (Wildman–Crippen LogP) is 4.53. The van der Waals surface area contributed by atoms with Crippen LogP contribution in [0.4, 0.5) is 8.78 Å². The van der Waals surface area contributed by atoms with E-state index in [-0.39, 0.29) is 17.3 Å². The number of ether oxygens (including phenoxy) is 1. The number of rotatable bonds is 5. The Labute approximate surface area is 160 Å². The largest absolute Gasteiger partial charge is 0.416 e. The Morgan fingerprint density at radius 3 is 2.68 bits per heavy atom. The molecule has 1 atom stereocenters. The molecule has 3 rings (SSSR count). The number of benzene rings is 2. The van der Waals surface area contributed by atoms with E-state index in [9.17, 15) is 13.6 Å². The zero-order valence-electron chi connectivity index (χ0n) is 15.1. The highest BCUT2D eigenvalue weighted by atomic mass is 19.1. The summed E-state index contributed by atoms with van der Waals surface area (Å²) in [5.74, 6) is 0.947. The van der Waals surface area contributed by atoms with Crippen molar-refractivity contribution < 1.29 is 22.7 Å². The third kappa shape index (κ3) is 4.18. The number of halogens is 2. The third-order valence-corrected chi connectivity index (χ3v) is 4.07. The van der Waals surface area contributed by atoms with Crippen LogP contribution in [-0.2, 0) is 0 Å². The summed E-state index contributed by atoms with van der Waals surface area (Å²) in [5, 5.41) is 2.60. The Hall–Kier alpha value is -3.66. The number of hydrogen-bond donors (Lipinski definition) is 1. The van der Waals surface area contributed by atoms with Crippen LogP contribution in [0.3, 0.4) is 0 Å². The average molecular weight is 382 g/mol. The molecule has 7 heteroatoms. The van der Waals surface area contributed by atoms with Crippen molar-refractivity contribution in [3.05, 3.63) is 76.7 Å². The van der Waals surface area contributed by atoms with Gasteiger partial charge in [0, 0.05) is 11.1 Å². The molecule has 0 unspecified atom stereocenters. The van der Waals surface area contributed by atoms with Gasteiger partial charge in [-0.1, -0.05) is 12.0 Å². The quantitative estimate of drug-likeness (QED) is 0.659. The SMILES string of the molecule is C#Cc1cccc(Oc2nc(C(=O)N[C@H](C)c3cc(F)c(C)c(F)c3)co2)c1. The minimum absolute atomic E-state index is 0.0389. The molecule has 0 aliphatic rings. The van der Waals surface area contributed by atoms with Gasteiger partial charge in [0.15, 0.2) is 5.69 Å². The molecule has 5 nitrogen and oxygen atoms in total. The van der Waals surface area contributed by atoms with Gasteiger partial charge in [-0.25, -0.2) is 8.78 Å². The van der Waals surface area contributed by atoms with Crippen LogP contribution in [0.15, 0.2) is 47.1 Å². The summed E-state index contributed by atoms with van der Waals surface area (Å²) >= 11 is 0. The lowest BCUT2D eigenvalue weighted by Gasteiger charge is -2.14. The van der Waals surface area contributed by atoms with Crippen molar-refractivity contribution >= 4 is 5.91 Å². The van der Waals surface area contributed by atoms with Gasteiger partial charge in [0.25, 0.3) is 5.91 Å². The Kier molecular flexibility index (Phi) is 5.41. The summed E-state index contributed by atoms with van der Waals surface area (Å²) in [5.41, 5.74) is 0.797. The smallest absolute Gasteiger partial charge is 0.399 e. The molecule has 1 heterocycles. The summed E-state index contributed by atoms with van der Waals surface area (Å²) < 4.78 is 38.0. The molecule has 1 aromatic heterocycles. The Bertz CT molecular complexity index is 1050. The monoisotopic (exact) mass is 382 g/mol. The normalized spacial score (nSPS) is 11.5. The van der Waals surface area contributed by atoms with Crippen molar-refractivity contribution in [3.63, 3.8) is 0 Å². The van der Waals surface area contributed by atoms with Gasteiger partial charge in [0.1, 0.15) is 23.6 Å². The number of oxazole rings is 1. The minimum atomic E-state index is -0.678. The summed E-state index contributed by atoms with van der Waals surface area (Å²) in [6.45, 7) is 2.94. The maximum atomic E-state index is 13.7. The second kappa shape index (κ2) is 7.92. The van der Waals surface area contributed by atoms with E-state index in [0.717, 1.165) is 6.26 Å². The summed E-state index contributed by atoms with van der Waals surface area (Å²) in [7, 11) is 0. The molecular weight excluding hydrogens is 366 g/mol. The van der Waals surface area contributed by atoms with Gasteiger partial charge in [-0.15, -0.1) is 6.42 Å². The zero-order valence-corrected chi connectivity index (χ0v) is 15.1. The van der Waals surface area contributed by atoms with Gasteiger partial charge in [0.05, 0.1) is 6.04 Å². The van der Waals surface area contributed by atoms with Crippen molar-refractivity contribution in [2.75, 3.05) is 0 Å². The van der Waals surface area contributed by atoms with Gasteiger partial charge in [-0.3, -0.25) is 4.79 Å². The van der Waals surface area contributed by atoms with Crippen molar-refractivity contribution in [1.82, 2.24) is 10.3 Å². The lowest BCUT2D eigenvalue weighted by Crippen LogP contribution is -2.27. The standard InChI is InChI=1S/C21H16F2N2O3/c1-4-14-6-5-7-16(8-14)28-21-25-19(11-27-21)20(26)24-13(3)15-9-17(22)12(2)18(23)10-15/h1,5-11,13H,2-3H3,(H,24,26)/t13-/m1/s1. The second-order valence-corrected chi connectivity index (χ2v) is 6.08. The number of terminal acetylenes is 1. The van der Waals surface area contributed by atoms with Gasteiger partial charge in [-0.2, -0.15) is 4.98 Å². The fourth-order valence-corrected chi connectivity index (χ4v) is 2.43. The van der Waals surface area contributed by atoms with E-state index in [2.05, 4.69) is 16.2 Å². The molecule has 0 radical (unpaired) electrons. The third-order valence-electron chi connectivity index (χ3n) is 4.07. The van der Waals surface area contributed by atoms with Gasteiger partial charge >= 0.3 is 6.08 Å². The number of nitrogens with one attached hydrogen (secondary N) is 1. The first-order valence-corrected chi connectivity index (χ1v) is 8.34. The minimum Gasteiger partial charge on any atom is -0.416 e. The molecule has 0 fully saturated rings. The number of aromatic nitrogens is 1. The summed E-state index contributed by atoms with van der Waals surface area (Å²) in [6.07, 6.45) is 6.32. The topological polar surface area (TPSA) is 64.4 Å². The van der Waals surface area contributed by atoms with Crippen molar-refractivity contribution in [3.8, 4) is 24.2 Å². The van der Waals surface area contributed by atoms with E-state index >= 15 is 0 Å². The summed E-state index contributed by atoms with van der Waals surface area (Å²) in [6, 6.07) is 8.44. The lowest BCUT2D eigenvalue weighted by molar-refractivity contribution is 0.0934. The molecule has 0 aliphatic heterocycles.